The standard InChI is InChI=1S/C16H16F3NO/c1-21-10-12-4-2-3-11(5-12)8-20-9-13-6-14(17)16(19)15(18)7-13/h2-7,20H,8-10H2,1H3. The molecule has 5 heteroatoms. The van der Waals surface area contributed by atoms with Crippen molar-refractivity contribution in [1.29, 1.82) is 0 Å². The van der Waals surface area contributed by atoms with Crippen molar-refractivity contribution in [2.24, 2.45) is 0 Å². The summed E-state index contributed by atoms with van der Waals surface area (Å²) < 4.78 is 44.0. The maximum absolute atomic E-state index is 13.1. The first-order valence-corrected chi connectivity index (χ1v) is 6.51. The lowest BCUT2D eigenvalue weighted by molar-refractivity contribution is 0.185. The predicted octanol–water partition coefficient (Wildman–Crippen LogP) is 3.54. The van der Waals surface area contributed by atoms with Crippen molar-refractivity contribution in [3.63, 3.8) is 0 Å². The van der Waals surface area contributed by atoms with Gasteiger partial charge in [-0.05, 0) is 28.8 Å². The van der Waals surface area contributed by atoms with Crippen molar-refractivity contribution < 1.29 is 17.9 Å². The number of benzene rings is 2. The normalized spacial score (nSPS) is 10.9. The van der Waals surface area contributed by atoms with Crippen molar-refractivity contribution in [2.75, 3.05) is 7.11 Å². The average molecular weight is 295 g/mol. The molecule has 0 aliphatic heterocycles. The van der Waals surface area contributed by atoms with Gasteiger partial charge >= 0.3 is 0 Å². The second-order valence-corrected chi connectivity index (χ2v) is 4.73. The van der Waals surface area contributed by atoms with Gasteiger partial charge in [0.1, 0.15) is 0 Å². The monoisotopic (exact) mass is 295 g/mol. The first-order chi connectivity index (χ1) is 10.1. The summed E-state index contributed by atoms with van der Waals surface area (Å²) in [5, 5.41) is 3.06. The Labute approximate surface area is 121 Å². The Hall–Kier alpha value is -1.85. The van der Waals surface area contributed by atoms with Crippen LogP contribution in [0.3, 0.4) is 0 Å². The van der Waals surface area contributed by atoms with Gasteiger partial charge in [0.05, 0.1) is 6.61 Å². The molecule has 0 saturated carbocycles. The Kier molecular flexibility index (Phi) is 5.36. The molecule has 0 fully saturated rings. The zero-order valence-electron chi connectivity index (χ0n) is 11.6. The summed E-state index contributed by atoms with van der Waals surface area (Å²) in [4.78, 5) is 0. The van der Waals surface area contributed by atoms with E-state index in [1.165, 1.54) is 0 Å². The minimum atomic E-state index is -1.44. The molecule has 2 rings (SSSR count). The molecular weight excluding hydrogens is 279 g/mol. The summed E-state index contributed by atoms with van der Waals surface area (Å²) in [7, 11) is 1.63. The number of ether oxygens (including phenoxy) is 1. The summed E-state index contributed by atoms with van der Waals surface area (Å²) in [5.74, 6) is -3.78. The van der Waals surface area contributed by atoms with Crippen molar-refractivity contribution >= 4 is 0 Å². The summed E-state index contributed by atoms with van der Waals surface area (Å²) in [6.45, 7) is 1.32. The SMILES string of the molecule is COCc1cccc(CNCc2cc(F)c(F)c(F)c2)c1. The molecular formula is C16H16F3NO. The Morgan fingerprint density at radius 1 is 0.905 bits per heavy atom. The minimum absolute atomic E-state index is 0.253. The molecule has 0 spiro atoms. The van der Waals surface area contributed by atoms with Crippen molar-refractivity contribution in [2.45, 2.75) is 19.7 Å². The van der Waals surface area contributed by atoms with E-state index in [2.05, 4.69) is 5.32 Å². The van der Waals surface area contributed by atoms with E-state index in [1.807, 2.05) is 24.3 Å². The molecule has 2 aromatic rings. The highest BCUT2D eigenvalue weighted by molar-refractivity contribution is 5.23. The zero-order chi connectivity index (χ0) is 15.2. The van der Waals surface area contributed by atoms with E-state index in [0.717, 1.165) is 23.3 Å². The van der Waals surface area contributed by atoms with Crippen LogP contribution in [0.2, 0.25) is 0 Å². The zero-order valence-corrected chi connectivity index (χ0v) is 11.6. The maximum Gasteiger partial charge on any atom is 0.194 e. The van der Waals surface area contributed by atoms with Gasteiger partial charge in [-0.15, -0.1) is 0 Å². The smallest absolute Gasteiger partial charge is 0.194 e. The number of nitrogens with one attached hydrogen (secondary N) is 1. The molecule has 112 valence electrons. The van der Waals surface area contributed by atoms with E-state index in [1.54, 1.807) is 7.11 Å². The van der Waals surface area contributed by atoms with Crippen LogP contribution < -0.4 is 5.32 Å². The van der Waals surface area contributed by atoms with Crippen LogP contribution in [0.25, 0.3) is 0 Å². The molecule has 0 radical (unpaired) electrons. The second kappa shape index (κ2) is 7.24. The third-order valence-electron chi connectivity index (χ3n) is 3.00. The molecule has 0 aliphatic rings. The van der Waals surface area contributed by atoms with Crippen molar-refractivity contribution in [1.82, 2.24) is 5.32 Å². The Morgan fingerprint density at radius 3 is 2.19 bits per heavy atom. The van der Waals surface area contributed by atoms with Crippen LogP contribution >= 0.6 is 0 Å². The van der Waals surface area contributed by atoms with Gasteiger partial charge in [-0.1, -0.05) is 24.3 Å². The van der Waals surface area contributed by atoms with Crippen LogP contribution in [-0.4, -0.2) is 7.11 Å². The number of methoxy groups -OCH3 is 1. The van der Waals surface area contributed by atoms with E-state index in [9.17, 15) is 13.2 Å². The second-order valence-electron chi connectivity index (χ2n) is 4.73. The fourth-order valence-electron chi connectivity index (χ4n) is 2.06. The molecule has 0 amide bonds. The van der Waals surface area contributed by atoms with E-state index in [0.29, 0.717) is 18.7 Å². The largest absolute Gasteiger partial charge is 0.380 e. The van der Waals surface area contributed by atoms with Crippen LogP contribution in [0.15, 0.2) is 36.4 Å². The minimum Gasteiger partial charge on any atom is -0.380 e. The van der Waals surface area contributed by atoms with Gasteiger partial charge in [-0.25, -0.2) is 13.2 Å². The first kappa shape index (κ1) is 15.5. The Balaban J connectivity index is 1.94. The van der Waals surface area contributed by atoms with E-state index < -0.39 is 17.5 Å². The van der Waals surface area contributed by atoms with Gasteiger partial charge in [0.15, 0.2) is 17.5 Å². The fraction of sp³-hybridized carbons (Fsp3) is 0.250. The molecule has 21 heavy (non-hydrogen) atoms. The lowest BCUT2D eigenvalue weighted by Gasteiger charge is -2.08. The molecule has 0 saturated heterocycles. The lowest BCUT2D eigenvalue weighted by atomic mass is 10.1. The molecule has 0 unspecified atom stereocenters. The number of hydrogen-bond donors (Lipinski definition) is 1. The van der Waals surface area contributed by atoms with Crippen LogP contribution in [-0.2, 0) is 24.4 Å². The van der Waals surface area contributed by atoms with Gasteiger partial charge in [-0.3, -0.25) is 0 Å². The highest BCUT2D eigenvalue weighted by atomic mass is 19.2. The summed E-state index contributed by atoms with van der Waals surface area (Å²) >= 11 is 0. The molecule has 2 nitrogen and oxygen atoms in total. The maximum atomic E-state index is 13.1. The van der Waals surface area contributed by atoms with Gasteiger partial charge < -0.3 is 10.1 Å². The summed E-state index contributed by atoms with van der Waals surface area (Å²) in [6, 6.07) is 9.79. The Bertz CT molecular complexity index is 593. The molecule has 2 aromatic carbocycles. The van der Waals surface area contributed by atoms with Gasteiger partial charge in [0.25, 0.3) is 0 Å². The molecule has 0 bridgehead atoms. The first-order valence-electron chi connectivity index (χ1n) is 6.51. The molecule has 0 aromatic heterocycles. The third-order valence-corrected chi connectivity index (χ3v) is 3.00. The summed E-state index contributed by atoms with van der Waals surface area (Å²) in [6.07, 6.45) is 0. The van der Waals surface area contributed by atoms with Crippen LogP contribution in [0.1, 0.15) is 16.7 Å². The van der Waals surface area contributed by atoms with Crippen LogP contribution in [0, 0.1) is 17.5 Å². The number of halogens is 3. The summed E-state index contributed by atoms with van der Waals surface area (Å²) in [5.41, 5.74) is 2.45. The fourth-order valence-corrected chi connectivity index (χ4v) is 2.06. The average Bonchev–Trinajstić information content (AvgIpc) is 2.45. The van der Waals surface area contributed by atoms with E-state index in [-0.39, 0.29) is 6.54 Å². The Morgan fingerprint density at radius 2 is 1.52 bits per heavy atom. The highest BCUT2D eigenvalue weighted by Gasteiger charge is 2.10. The molecule has 0 atom stereocenters. The number of hydrogen-bond acceptors (Lipinski definition) is 2. The lowest BCUT2D eigenvalue weighted by Crippen LogP contribution is -2.13. The predicted molar refractivity (Wildman–Crippen MR) is 74.0 cm³/mol. The topological polar surface area (TPSA) is 21.3 Å². The third kappa shape index (κ3) is 4.31. The molecule has 1 N–H and O–H groups in total. The number of rotatable bonds is 6. The molecule has 0 aliphatic carbocycles. The highest BCUT2D eigenvalue weighted by Crippen LogP contribution is 2.13. The quantitative estimate of drug-likeness (QED) is 0.823. The van der Waals surface area contributed by atoms with Crippen molar-refractivity contribution in [3.8, 4) is 0 Å². The van der Waals surface area contributed by atoms with Gasteiger partial charge in [0, 0.05) is 20.2 Å². The van der Waals surface area contributed by atoms with E-state index >= 15 is 0 Å². The van der Waals surface area contributed by atoms with E-state index in [4.69, 9.17) is 4.74 Å². The van der Waals surface area contributed by atoms with Crippen molar-refractivity contribution in [3.05, 3.63) is 70.5 Å². The van der Waals surface area contributed by atoms with Gasteiger partial charge in [-0.2, -0.15) is 0 Å². The van der Waals surface area contributed by atoms with Crippen LogP contribution in [0.5, 0.6) is 0 Å². The molecule has 0 heterocycles. The van der Waals surface area contributed by atoms with Crippen LogP contribution in [0.4, 0.5) is 13.2 Å². The van der Waals surface area contributed by atoms with Gasteiger partial charge in [0.2, 0.25) is 0 Å².